The molecule has 0 saturated carbocycles. The van der Waals surface area contributed by atoms with Gasteiger partial charge in [0.1, 0.15) is 6.17 Å². The smallest absolute Gasteiger partial charge is 0.255 e. The van der Waals surface area contributed by atoms with Gasteiger partial charge in [0.15, 0.2) is 0 Å². The molecule has 184 valence electrons. The van der Waals surface area contributed by atoms with Crippen LogP contribution in [0.3, 0.4) is 0 Å². The number of benzene rings is 3. The van der Waals surface area contributed by atoms with E-state index in [0.29, 0.717) is 12.1 Å². The molecule has 3 aromatic carbocycles. The fourth-order valence-corrected chi connectivity index (χ4v) is 6.14. The van der Waals surface area contributed by atoms with Gasteiger partial charge in [-0.15, -0.1) is 0 Å². The lowest BCUT2D eigenvalue weighted by Crippen LogP contribution is -2.38. The minimum atomic E-state index is -3.81. The van der Waals surface area contributed by atoms with E-state index < -0.39 is 16.2 Å². The number of hydrogen-bond donors (Lipinski definition) is 0. The fraction of sp³-hybridized carbons (Fsp3) is 0.321. The summed E-state index contributed by atoms with van der Waals surface area (Å²) >= 11 is 0. The Bertz CT molecular complexity index is 1270. The van der Waals surface area contributed by atoms with Gasteiger partial charge in [0.05, 0.1) is 4.90 Å². The SMILES string of the molecule is CCN(CC)c1ccc([C@@H]2N(C(=O)c3ccc(C)cc3)CCN2S(=O)(=O)c2ccc(C)cc2)cc1. The summed E-state index contributed by atoms with van der Waals surface area (Å²) in [5, 5.41) is 0. The number of hydrogen-bond acceptors (Lipinski definition) is 4. The van der Waals surface area contributed by atoms with Crippen LogP contribution in [-0.4, -0.2) is 49.7 Å². The molecule has 35 heavy (non-hydrogen) atoms. The predicted molar refractivity (Wildman–Crippen MR) is 140 cm³/mol. The van der Waals surface area contributed by atoms with Gasteiger partial charge < -0.3 is 9.80 Å². The van der Waals surface area contributed by atoms with Gasteiger partial charge in [-0.25, -0.2) is 8.42 Å². The topological polar surface area (TPSA) is 60.9 Å². The molecule has 1 fully saturated rings. The van der Waals surface area contributed by atoms with E-state index in [4.69, 9.17) is 0 Å². The Morgan fingerprint density at radius 3 is 1.91 bits per heavy atom. The molecule has 0 unspecified atom stereocenters. The van der Waals surface area contributed by atoms with Crippen molar-refractivity contribution in [2.45, 2.75) is 38.8 Å². The number of carbonyl (C=O) groups excluding carboxylic acids is 1. The van der Waals surface area contributed by atoms with Crippen LogP contribution in [0.4, 0.5) is 5.69 Å². The van der Waals surface area contributed by atoms with E-state index in [1.807, 2.05) is 50.2 Å². The number of sulfonamides is 1. The summed E-state index contributed by atoms with van der Waals surface area (Å²) in [7, 11) is -3.81. The summed E-state index contributed by atoms with van der Waals surface area (Å²) in [6.45, 7) is 10.4. The largest absolute Gasteiger partial charge is 0.372 e. The predicted octanol–water partition coefficient (Wildman–Crippen LogP) is 5.00. The van der Waals surface area contributed by atoms with Crippen molar-refractivity contribution in [2.75, 3.05) is 31.1 Å². The zero-order valence-corrected chi connectivity index (χ0v) is 21.6. The summed E-state index contributed by atoms with van der Waals surface area (Å²) in [6, 6.07) is 22.2. The van der Waals surface area contributed by atoms with Gasteiger partial charge in [0.25, 0.3) is 5.91 Å². The summed E-state index contributed by atoms with van der Waals surface area (Å²) in [5.41, 5.74) is 4.45. The highest BCUT2D eigenvalue weighted by Gasteiger charge is 2.43. The molecule has 0 N–H and O–H groups in total. The van der Waals surface area contributed by atoms with Crippen molar-refractivity contribution < 1.29 is 13.2 Å². The molecule has 7 heteroatoms. The molecular weight excluding hydrogens is 458 g/mol. The normalized spacial score (nSPS) is 16.5. The fourth-order valence-electron chi connectivity index (χ4n) is 4.57. The van der Waals surface area contributed by atoms with Crippen LogP contribution in [0.15, 0.2) is 77.7 Å². The van der Waals surface area contributed by atoms with Gasteiger partial charge >= 0.3 is 0 Å². The van der Waals surface area contributed by atoms with Crippen LogP contribution >= 0.6 is 0 Å². The van der Waals surface area contributed by atoms with Gasteiger partial charge in [-0.2, -0.15) is 4.31 Å². The van der Waals surface area contributed by atoms with E-state index in [2.05, 4.69) is 18.7 Å². The van der Waals surface area contributed by atoms with Gasteiger partial charge in [0.2, 0.25) is 10.0 Å². The van der Waals surface area contributed by atoms with Gasteiger partial charge in [-0.05, 0) is 69.7 Å². The maximum Gasteiger partial charge on any atom is 0.255 e. The third-order valence-electron chi connectivity index (χ3n) is 6.64. The highest BCUT2D eigenvalue weighted by Crippen LogP contribution is 2.36. The molecule has 3 aromatic rings. The zero-order chi connectivity index (χ0) is 25.2. The molecular formula is C28H33N3O3S. The van der Waals surface area contributed by atoms with Crippen LogP contribution in [0.25, 0.3) is 0 Å². The second kappa shape index (κ2) is 10.2. The van der Waals surface area contributed by atoms with E-state index in [1.165, 1.54) is 4.31 Å². The van der Waals surface area contributed by atoms with E-state index >= 15 is 0 Å². The first kappa shape index (κ1) is 24.9. The van der Waals surface area contributed by atoms with Crippen molar-refractivity contribution in [3.8, 4) is 0 Å². The lowest BCUT2D eigenvalue weighted by atomic mass is 10.1. The van der Waals surface area contributed by atoms with Crippen molar-refractivity contribution >= 4 is 21.6 Å². The van der Waals surface area contributed by atoms with Crippen LogP contribution in [0.2, 0.25) is 0 Å². The molecule has 1 atom stereocenters. The molecule has 1 aliphatic rings. The molecule has 1 saturated heterocycles. The second-order valence-electron chi connectivity index (χ2n) is 8.93. The molecule has 1 heterocycles. The maximum atomic E-state index is 13.7. The van der Waals surface area contributed by atoms with E-state index in [0.717, 1.165) is 35.5 Å². The standard InChI is InChI=1S/C28H33N3O3S/c1-5-29(6-2)25-15-13-23(14-16-25)27-30(28(32)24-11-7-21(3)8-12-24)19-20-31(27)35(33,34)26-17-9-22(4)10-18-26/h7-18,27H,5-6,19-20H2,1-4H3/t27-/m1/s1. The molecule has 1 aliphatic heterocycles. The van der Waals surface area contributed by atoms with Crippen LogP contribution < -0.4 is 4.90 Å². The number of aryl methyl sites for hydroxylation is 2. The van der Waals surface area contributed by atoms with Crippen molar-refractivity contribution in [3.05, 3.63) is 95.1 Å². The number of nitrogens with zero attached hydrogens (tertiary/aromatic N) is 3. The summed E-state index contributed by atoms with van der Waals surface area (Å²) in [5.74, 6) is -0.176. The van der Waals surface area contributed by atoms with Crippen LogP contribution in [-0.2, 0) is 10.0 Å². The highest BCUT2D eigenvalue weighted by atomic mass is 32.2. The minimum Gasteiger partial charge on any atom is -0.372 e. The van der Waals surface area contributed by atoms with E-state index in [1.54, 1.807) is 41.3 Å². The van der Waals surface area contributed by atoms with E-state index in [-0.39, 0.29) is 17.3 Å². The van der Waals surface area contributed by atoms with Crippen molar-refractivity contribution in [1.82, 2.24) is 9.21 Å². The third kappa shape index (κ3) is 4.97. The zero-order valence-electron chi connectivity index (χ0n) is 20.8. The minimum absolute atomic E-state index is 0.176. The second-order valence-corrected chi connectivity index (χ2v) is 10.8. The first-order chi connectivity index (χ1) is 16.8. The highest BCUT2D eigenvalue weighted by molar-refractivity contribution is 7.89. The Labute approximate surface area is 208 Å². The molecule has 0 aromatic heterocycles. The Balaban J connectivity index is 1.75. The summed E-state index contributed by atoms with van der Waals surface area (Å²) in [6.07, 6.45) is -0.721. The molecule has 0 bridgehead atoms. The van der Waals surface area contributed by atoms with Crippen molar-refractivity contribution in [3.63, 3.8) is 0 Å². The third-order valence-corrected chi connectivity index (χ3v) is 8.50. The average Bonchev–Trinajstić information content (AvgIpc) is 3.32. The Hall–Kier alpha value is -3.16. The van der Waals surface area contributed by atoms with E-state index in [9.17, 15) is 13.2 Å². The van der Waals surface area contributed by atoms with Gasteiger partial charge in [-0.1, -0.05) is 47.5 Å². The van der Waals surface area contributed by atoms with Crippen molar-refractivity contribution in [2.24, 2.45) is 0 Å². The molecule has 0 radical (unpaired) electrons. The average molecular weight is 492 g/mol. The quantitative estimate of drug-likeness (QED) is 0.467. The lowest BCUT2D eigenvalue weighted by molar-refractivity contribution is 0.0693. The number of carbonyl (C=O) groups is 1. The summed E-state index contributed by atoms with van der Waals surface area (Å²) in [4.78, 5) is 17.7. The monoisotopic (exact) mass is 491 g/mol. The molecule has 6 nitrogen and oxygen atoms in total. The summed E-state index contributed by atoms with van der Waals surface area (Å²) < 4.78 is 28.9. The Kier molecular flexibility index (Phi) is 7.28. The number of rotatable bonds is 7. The van der Waals surface area contributed by atoms with Gasteiger partial charge in [0, 0.05) is 37.4 Å². The number of amides is 1. The van der Waals surface area contributed by atoms with Crippen molar-refractivity contribution in [1.29, 1.82) is 0 Å². The van der Waals surface area contributed by atoms with Gasteiger partial charge in [-0.3, -0.25) is 4.79 Å². The maximum absolute atomic E-state index is 13.7. The molecule has 1 amide bonds. The van der Waals surface area contributed by atoms with Crippen LogP contribution in [0, 0.1) is 13.8 Å². The molecule has 4 rings (SSSR count). The Morgan fingerprint density at radius 2 is 1.37 bits per heavy atom. The molecule has 0 aliphatic carbocycles. The van der Waals surface area contributed by atoms with Crippen LogP contribution in [0.1, 0.15) is 47.1 Å². The first-order valence-electron chi connectivity index (χ1n) is 12.1. The first-order valence-corrected chi connectivity index (χ1v) is 13.5. The number of anilines is 1. The molecule has 0 spiro atoms. The lowest BCUT2D eigenvalue weighted by Gasteiger charge is -2.31. The Morgan fingerprint density at radius 1 is 0.829 bits per heavy atom. The van der Waals surface area contributed by atoms with Crippen LogP contribution in [0.5, 0.6) is 0 Å².